The van der Waals surface area contributed by atoms with Gasteiger partial charge in [-0.2, -0.15) is 0 Å². The van der Waals surface area contributed by atoms with Crippen molar-refractivity contribution in [2.75, 3.05) is 0 Å². The lowest BCUT2D eigenvalue weighted by molar-refractivity contribution is -0.0493. The van der Waals surface area contributed by atoms with Crippen molar-refractivity contribution in [1.29, 1.82) is 0 Å². The van der Waals surface area contributed by atoms with E-state index in [0.717, 1.165) is 47.4 Å². The molecule has 1 aromatic carbocycles. The van der Waals surface area contributed by atoms with Crippen LogP contribution >= 0.6 is 0 Å². The standard InChI is InChI=1S/C26H35N3O/c1-17-27-25-11-3-2-10-24(25)26(30)28(17)23-15-20-8-5-9-21(16-23)29(20)22-13-18-6-4-7-19(12-18)14-22/h2-3,10-11,18-23H,4-9,12-16H2,1H3. The molecule has 160 valence electrons. The molecule has 0 N–H and O–H groups in total. The van der Waals surface area contributed by atoms with Crippen LogP contribution in [0.2, 0.25) is 0 Å². The highest BCUT2D eigenvalue weighted by atomic mass is 16.1. The van der Waals surface area contributed by atoms with Crippen LogP contribution in [0.1, 0.15) is 82.5 Å². The van der Waals surface area contributed by atoms with Gasteiger partial charge in [-0.1, -0.05) is 37.8 Å². The normalized spacial score (nSPS) is 36.7. The first-order chi connectivity index (χ1) is 14.7. The molecular formula is C26H35N3O. The monoisotopic (exact) mass is 405 g/mol. The highest BCUT2D eigenvalue weighted by Crippen LogP contribution is 2.47. The predicted octanol–water partition coefficient (Wildman–Crippen LogP) is 5.23. The smallest absolute Gasteiger partial charge is 0.261 e. The highest BCUT2D eigenvalue weighted by molar-refractivity contribution is 5.77. The topological polar surface area (TPSA) is 38.1 Å². The van der Waals surface area contributed by atoms with E-state index in [9.17, 15) is 4.79 Å². The number of rotatable bonds is 2. The minimum absolute atomic E-state index is 0.168. The fourth-order valence-electron chi connectivity index (χ4n) is 7.82. The summed E-state index contributed by atoms with van der Waals surface area (Å²) in [6, 6.07) is 10.3. The van der Waals surface area contributed by atoms with Gasteiger partial charge in [-0.15, -0.1) is 0 Å². The van der Waals surface area contributed by atoms with E-state index < -0.39 is 0 Å². The Balaban J connectivity index is 1.30. The van der Waals surface area contributed by atoms with Crippen LogP contribution in [-0.4, -0.2) is 32.6 Å². The number of aromatic nitrogens is 2. The van der Waals surface area contributed by atoms with E-state index in [1.165, 1.54) is 57.8 Å². The first kappa shape index (κ1) is 19.0. The van der Waals surface area contributed by atoms with E-state index in [0.29, 0.717) is 18.1 Å². The van der Waals surface area contributed by atoms with Crippen molar-refractivity contribution in [3.63, 3.8) is 0 Å². The average molecular weight is 406 g/mol. The Kier molecular flexibility index (Phi) is 4.74. The zero-order chi connectivity index (χ0) is 20.2. The molecule has 0 amide bonds. The van der Waals surface area contributed by atoms with Gasteiger partial charge < -0.3 is 0 Å². The molecule has 4 unspecified atom stereocenters. The maximum Gasteiger partial charge on any atom is 0.261 e. The number of nitrogens with zero attached hydrogens (tertiary/aromatic N) is 3. The zero-order valence-electron chi connectivity index (χ0n) is 18.3. The average Bonchev–Trinajstić information content (AvgIpc) is 2.73. The second-order valence-corrected chi connectivity index (χ2v) is 10.7. The summed E-state index contributed by atoms with van der Waals surface area (Å²) in [6.07, 6.45) is 15.0. The van der Waals surface area contributed by atoms with E-state index >= 15 is 0 Å². The molecule has 4 heteroatoms. The van der Waals surface area contributed by atoms with Crippen molar-refractivity contribution >= 4 is 10.9 Å². The SMILES string of the molecule is Cc1nc2ccccc2c(=O)n1C1CC2CCCC(C1)N2C1CC2CCCC(C2)C1. The van der Waals surface area contributed by atoms with Crippen molar-refractivity contribution < 1.29 is 0 Å². The molecular weight excluding hydrogens is 370 g/mol. The number of fused-ring (bicyclic) bond motifs is 5. The number of aryl methyl sites for hydroxylation is 1. The molecule has 2 aliphatic carbocycles. The molecule has 2 aliphatic heterocycles. The summed E-state index contributed by atoms with van der Waals surface area (Å²) < 4.78 is 2.06. The van der Waals surface area contributed by atoms with Gasteiger partial charge in [0.05, 0.1) is 10.9 Å². The van der Waals surface area contributed by atoms with Crippen LogP contribution in [0.25, 0.3) is 10.9 Å². The molecule has 4 fully saturated rings. The Morgan fingerprint density at radius 1 is 0.800 bits per heavy atom. The Labute approximate surface area is 179 Å². The van der Waals surface area contributed by atoms with Crippen LogP contribution in [0.5, 0.6) is 0 Å². The molecule has 3 heterocycles. The quantitative estimate of drug-likeness (QED) is 0.686. The Hall–Kier alpha value is -1.68. The molecule has 4 aliphatic rings. The van der Waals surface area contributed by atoms with Gasteiger partial charge in [0.15, 0.2) is 0 Å². The van der Waals surface area contributed by atoms with Crippen LogP contribution < -0.4 is 5.56 Å². The van der Waals surface area contributed by atoms with Gasteiger partial charge in [-0.05, 0) is 75.8 Å². The maximum atomic E-state index is 13.4. The van der Waals surface area contributed by atoms with E-state index in [2.05, 4.69) is 9.47 Å². The third-order valence-electron chi connectivity index (χ3n) is 8.88. The van der Waals surface area contributed by atoms with Crippen molar-refractivity contribution in [2.45, 2.75) is 102 Å². The second-order valence-electron chi connectivity index (χ2n) is 10.7. The van der Waals surface area contributed by atoms with Crippen LogP contribution in [0.3, 0.4) is 0 Å². The first-order valence-electron chi connectivity index (χ1n) is 12.4. The summed E-state index contributed by atoms with van der Waals surface area (Å²) >= 11 is 0. The molecule has 0 spiro atoms. The summed E-state index contributed by atoms with van der Waals surface area (Å²) in [5.41, 5.74) is 1.00. The van der Waals surface area contributed by atoms with Crippen molar-refractivity contribution in [1.82, 2.24) is 14.5 Å². The fourth-order valence-corrected chi connectivity index (χ4v) is 7.82. The summed E-state index contributed by atoms with van der Waals surface area (Å²) in [5.74, 6) is 2.86. The minimum Gasteiger partial charge on any atom is -0.294 e. The Morgan fingerprint density at radius 2 is 1.47 bits per heavy atom. The lowest BCUT2D eigenvalue weighted by atomic mass is 9.68. The van der Waals surface area contributed by atoms with E-state index in [4.69, 9.17) is 4.98 Å². The van der Waals surface area contributed by atoms with Gasteiger partial charge in [-0.3, -0.25) is 14.3 Å². The summed E-state index contributed by atoms with van der Waals surface area (Å²) in [5, 5.41) is 0.774. The third kappa shape index (κ3) is 3.14. The molecule has 30 heavy (non-hydrogen) atoms. The van der Waals surface area contributed by atoms with Crippen molar-refractivity contribution in [3.05, 3.63) is 40.4 Å². The number of benzene rings is 1. The number of hydrogen-bond donors (Lipinski definition) is 0. The van der Waals surface area contributed by atoms with Gasteiger partial charge in [0.2, 0.25) is 0 Å². The van der Waals surface area contributed by atoms with Crippen LogP contribution in [0.4, 0.5) is 0 Å². The van der Waals surface area contributed by atoms with Crippen LogP contribution in [0.15, 0.2) is 29.1 Å². The molecule has 2 saturated heterocycles. The number of para-hydroxylation sites is 1. The molecule has 4 nitrogen and oxygen atoms in total. The zero-order valence-corrected chi connectivity index (χ0v) is 18.3. The second kappa shape index (κ2) is 7.47. The lowest BCUT2D eigenvalue weighted by Gasteiger charge is -2.55. The van der Waals surface area contributed by atoms with Crippen molar-refractivity contribution in [3.8, 4) is 0 Å². The Bertz CT molecular complexity index is 971. The van der Waals surface area contributed by atoms with Crippen molar-refractivity contribution in [2.24, 2.45) is 11.8 Å². The molecule has 6 rings (SSSR count). The minimum atomic E-state index is 0.168. The lowest BCUT2D eigenvalue weighted by Crippen LogP contribution is -2.58. The van der Waals surface area contributed by atoms with Gasteiger partial charge >= 0.3 is 0 Å². The number of piperidine rings is 2. The molecule has 0 radical (unpaired) electrons. The molecule has 1 aromatic heterocycles. The summed E-state index contributed by atoms with van der Waals surface area (Å²) in [7, 11) is 0. The van der Waals surface area contributed by atoms with E-state index in [1.807, 2.05) is 31.2 Å². The van der Waals surface area contributed by atoms with Gasteiger partial charge in [0.1, 0.15) is 5.82 Å². The number of hydrogen-bond acceptors (Lipinski definition) is 3. The van der Waals surface area contributed by atoms with E-state index in [-0.39, 0.29) is 5.56 Å². The first-order valence-corrected chi connectivity index (χ1v) is 12.4. The molecule has 4 bridgehead atoms. The van der Waals surface area contributed by atoms with Gasteiger partial charge in [0, 0.05) is 24.2 Å². The predicted molar refractivity (Wildman–Crippen MR) is 121 cm³/mol. The largest absolute Gasteiger partial charge is 0.294 e. The van der Waals surface area contributed by atoms with Crippen LogP contribution in [0, 0.1) is 18.8 Å². The van der Waals surface area contributed by atoms with Crippen LogP contribution in [-0.2, 0) is 0 Å². The summed E-state index contributed by atoms with van der Waals surface area (Å²) in [6.45, 7) is 2.03. The molecule has 2 aromatic rings. The maximum absolute atomic E-state index is 13.4. The summed E-state index contributed by atoms with van der Waals surface area (Å²) in [4.78, 5) is 21.2. The Morgan fingerprint density at radius 3 is 2.20 bits per heavy atom. The fraction of sp³-hybridized carbons (Fsp3) is 0.692. The van der Waals surface area contributed by atoms with Gasteiger partial charge in [-0.25, -0.2) is 4.98 Å². The van der Waals surface area contributed by atoms with E-state index in [1.54, 1.807) is 0 Å². The molecule has 4 atom stereocenters. The third-order valence-corrected chi connectivity index (χ3v) is 8.88. The molecule has 2 saturated carbocycles. The van der Waals surface area contributed by atoms with Gasteiger partial charge in [0.25, 0.3) is 5.56 Å². The highest BCUT2D eigenvalue weighted by Gasteiger charge is 2.45.